The Morgan fingerprint density at radius 1 is 1.42 bits per heavy atom. The number of aromatic nitrogens is 3. The van der Waals surface area contributed by atoms with Crippen LogP contribution in [0.3, 0.4) is 0 Å². The van der Waals surface area contributed by atoms with Crippen molar-refractivity contribution >= 4 is 5.91 Å². The Hall–Kier alpha value is -2.24. The highest BCUT2D eigenvalue weighted by Crippen LogP contribution is 2.25. The molecular weight excluding hydrogens is 244 g/mol. The summed E-state index contributed by atoms with van der Waals surface area (Å²) in [5.74, 6) is 0.461. The zero-order valence-corrected chi connectivity index (χ0v) is 10.4. The highest BCUT2D eigenvalue weighted by Gasteiger charge is 2.27. The molecule has 1 saturated heterocycles. The lowest BCUT2D eigenvalue weighted by atomic mass is 9.94. The van der Waals surface area contributed by atoms with Crippen LogP contribution in [0.2, 0.25) is 0 Å². The van der Waals surface area contributed by atoms with Gasteiger partial charge in [-0.3, -0.25) is 4.79 Å². The number of likely N-dealkylation sites (tertiary alicyclic amines) is 1. The molecule has 1 aliphatic heterocycles. The number of carbonyl (C=O) groups excluding carboxylic acids is 1. The summed E-state index contributed by atoms with van der Waals surface area (Å²) in [6, 6.07) is 1.91. The van der Waals surface area contributed by atoms with Crippen molar-refractivity contribution in [3.05, 3.63) is 42.6 Å². The quantitative estimate of drug-likeness (QED) is 0.816. The van der Waals surface area contributed by atoms with Crippen LogP contribution in [0.5, 0.6) is 0 Å². The van der Waals surface area contributed by atoms with Crippen LogP contribution in [0.15, 0.2) is 35.6 Å². The van der Waals surface area contributed by atoms with Gasteiger partial charge in [0.1, 0.15) is 6.33 Å². The van der Waals surface area contributed by atoms with Crippen molar-refractivity contribution in [3.8, 4) is 0 Å². The molecule has 0 aromatic carbocycles. The summed E-state index contributed by atoms with van der Waals surface area (Å²) in [5.41, 5.74) is 0.991. The summed E-state index contributed by atoms with van der Waals surface area (Å²) in [5, 5.41) is 0. The molecule has 0 spiro atoms. The van der Waals surface area contributed by atoms with Crippen molar-refractivity contribution in [2.24, 2.45) is 0 Å². The molecule has 0 saturated carbocycles. The first-order chi connectivity index (χ1) is 9.34. The molecule has 98 valence electrons. The second-order valence-corrected chi connectivity index (χ2v) is 4.59. The molecular formula is C13H14N4O2. The summed E-state index contributed by atoms with van der Waals surface area (Å²) < 4.78 is 5.06. The van der Waals surface area contributed by atoms with Gasteiger partial charge in [-0.1, -0.05) is 0 Å². The average Bonchev–Trinajstić information content (AvgIpc) is 3.02. The third-order valence-corrected chi connectivity index (χ3v) is 3.37. The molecule has 0 N–H and O–H groups in total. The van der Waals surface area contributed by atoms with E-state index in [9.17, 15) is 4.79 Å². The van der Waals surface area contributed by atoms with E-state index in [4.69, 9.17) is 4.42 Å². The van der Waals surface area contributed by atoms with Crippen LogP contribution < -0.4 is 0 Å². The molecule has 0 aliphatic carbocycles. The predicted molar refractivity (Wildman–Crippen MR) is 66.4 cm³/mol. The van der Waals surface area contributed by atoms with E-state index in [1.54, 1.807) is 17.4 Å². The molecule has 3 rings (SSSR count). The molecule has 1 aliphatic rings. The second kappa shape index (κ2) is 5.17. The molecule has 0 radical (unpaired) electrons. The normalized spacial score (nSPS) is 19.4. The minimum absolute atomic E-state index is 0.101. The molecule has 1 fully saturated rings. The van der Waals surface area contributed by atoms with Crippen LogP contribution in [-0.4, -0.2) is 38.8 Å². The maximum atomic E-state index is 12.2. The lowest BCUT2D eigenvalue weighted by molar-refractivity contribution is 0.0673. The maximum Gasteiger partial charge on any atom is 0.291 e. The van der Waals surface area contributed by atoms with Gasteiger partial charge in [0, 0.05) is 30.9 Å². The van der Waals surface area contributed by atoms with E-state index < -0.39 is 0 Å². The Morgan fingerprint density at radius 2 is 2.37 bits per heavy atom. The maximum absolute atomic E-state index is 12.2. The number of rotatable bonds is 2. The minimum Gasteiger partial charge on any atom is -0.438 e. The van der Waals surface area contributed by atoms with Gasteiger partial charge >= 0.3 is 0 Å². The summed E-state index contributed by atoms with van der Waals surface area (Å²) in [6.07, 6.45) is 8.02. The number of hydrogen-bond donors (Lipinski definition) is 0. The van der Waals surface area contributed by atoms with Crippen LogP contribution in [0.25, 0.3) is 0 Å². The second-order valence-electron chi connectivity index (χ2n) is 4.59. The fourth-order valence-corrected chi connectivity index (χ4v) is 2.42. The molecule has 6 heteroatoms. The number of amides is 1. The van der Waals surface area contributed by atoms with Crippen molar-refractivity contribution in [2.75, 3.05) is 13.1 Å². The molecule has 1 unspecified atom stereocenters. The van der Waals surface area contributed by atoms with Crippen LogP contribution in [0.1, 0.15) is 35.0 Å². The molecule has 0 bridgehead atoms. The van der Waals surface area contributed by atoms with Crippen LogP contribution in [-0.2, 0) is 0 Å². The zero-order valence-electron chi connectivity index (χ0n) is 10.4. The van der Waals surface area contributed by atoms with E-state index in [2.05, 4.69) is 15.0 Å². The first-order valence-electron chi connectivity index (χ1n) is 6.28. The Morgan fingerprint density at radius 3 is 3.11 bits per heavy atom. The van der Waals surface area contributed by atoms with Gasteiger partial charge in [-0.25, -0.2) is 15.0 Å². The summed E-state index contributed by atoms with van der Waals surface area (Å²) in [6.45, 7) is 1.41. The Kier molecular flexibility index (Phi) is 3.22. The standard InChI is InChI=1S/C13H14N4O2/c18-13(12-6-15-9-19-12)17-5-1-2-10(7-17)11-3-4-14-8-16-11/h3-4,6,8-10H,1-2,5,7H2. The lowest BCUT2D eigenvalue weighted by Crippen LogP contribution is -2.39. The van der Waals surface area contributed by atoms with Crippen molar-refractivity contribution in [1.29, 1.82) is 0 Å². The van der Waals surface area contributed by atoms with Gasteiger partial charge in [0.2, 0.25) is 5.76 Å². The van der Waals surface area contributed by atoms with Gasteiger partial charge in [-0.15, -0.1) is 0 Å². The number of piperidine rings is 1. The fourth-order valence-electron chi connectivity index (χ4n) is 2.42. The van der Waals surface area contributed by atoms with Crippen molar-refractivity contribution in [3.63, 3.8) is 0 Å². The van der Waals surface area contributed by atoms with Gasteiger partial charge < -0.3 is 9.32 Å². The van der Waals surface area contributed by atoms with E-state index in [0.717, 1.165) is 25.1 Å². The third-order valence-electron chi connectivity index (χ3n) is 3.37. The average molecular weight is 258 g/mol. The van der Waals surface area contributed by atoms with Crippen LogP contribution in [0.4, 0.5) is 0 Å². The predicted octanol–water partition coefficient (Wildman–Crippen LogP) is 1.48. The zero-order chi connectivity index (χ0) is 13.1. The van der Waals surface area contributed by atoms with E-state index in [1.165, 1.54) is 12.6 Å². The highest BCUT2D eigenvalue weighted by atomic mass is 16.3. The van der Waals surface area contributed by atoms with Gasteiger partial charge in [0.05, 0.1) is 6.20 Å². The third kappa shape index (κ3) is 2.47. The monoisotopic (exact) mass is 258 g/mol. The van der Waals surface area contributed by atoms with Crippen LogP contribution >= 0.6 is 0 Å². The van der Waals surface area contributed by atoms with Gasteiger partial charge in [0.25, 0.3) is 5.91 Å². The van der Waals surface area contributed by atoms with E-state index in [1.807, 2.05) is 6.07 Å². The number of oxazole rings is 1. The summed E-state index contributed by atoms with van der Waals surface area (Å²) in [7, 11) is 0. The minimum atomic E-state index is -0.101. The first-order valence-corrected chi connectivity index (χ1v) is 6.28. The topological polar surface area (TPSA) is 72.1 Å². The van der Waals surface area contributed by atoms with Crippen LogP contribution in [0, 0.1) is 0 Å². The van der Waals surface area contributed by atoms with Gasteiger partial charge in [-0.05, 0) is 18.9 Å². The molecule has 2 aromatic heterocycles. The molecule has 1 amide bonds. The molecule has 6 nitrogen and oxygen atoms in total. The van der Waals surface area contributed by atoms with Crippen molar-refractivity contribution < 1.29 is 9.21 Å². The number of carbonyl (C=O) groups is 1. The Bertz CT molecular complexity index is 541. The first kappa shape index (κ1) is 11.8. The SMILES string of the molecule is O=C(c1cnco1)N1CCCC(c2ccncn2)C1. The lowest BCUT2D eigenvalue weighted by Gasteiger charge is -2.31. The Balaban J connectivity index is 1.73. The molecule has 3 heterocycles. The number of hydrogen-bond acceptors (Lipinski definition) is 5. The summed E-state index contributed by atoms with van der Waals surface area (Å²) >= 11 is 0. The van der Waals surface area contributed by atoms with E-state index in [0.29, 0.717) is 12.3 Å². The number of nitrogens with zero attached hydrogens (tertiary/aromatic N) is 4. The van der Waals surface area contributed by atoms with Crippen molar-refractivity contribution in [2.45, 2.75) is 18.8 Å². The Labute approximate surface area is 110 Å². The van der Waals surface area contributed by atoms with E-state index >= 15 is 0 Å². The smallest absolute Gasteiger partial charge is 0.291 e. The fraction of sp³-hybridized carbons (Fsp3) is 0.385. The van der Waals surface area contributed by atoms with Gasteiger partial charge in [0.15, 0.2) is 6.39 Å². The summed E-state index contributed by atoms with van der Waals surface area (Å²) in [4.78, 5) is 26.0. The molecule has 2 aromatic rings. The largest absolute Gasteiger partial charge is 0.438 e. The van der Waals surface area contributed by atoms with E-state index in [-0.39, 0.29) is 11.8 Å². The van der Waals surface area contributed by atoms with Gasteiger partial charge in [-0.2, -0.15) is 0 Å². The molecule has 1 atom stereocenters. The van der Waals surface area contributed by atoms with Crippen molar-refractivity contribution in [1.82, 2.24) is 19.9 Å². The molecule has 19 heavy (non-hydrogen) atoms. The highest BCUT2D eigenvalue weighted by molar-refractivity contribution is 5.91.